The molecule has 5 nitrogen and oxygen atoms in total. The molecule has 1 amide bonds. The lowest BCUT2D eigenvalue weighted by molar-refractivity contribution is 0.0842. The highest BCUT2D eigenvalue weighted by Gasteiger charge is 2.22. The van der Waals surface area contributed by atoms with Crippen LogP contribution in [0.3, 0.4) is 0 Å². The molecule has 0 saturated heterocycles. The monoisotopic (exact) mass is 281 g/mol. The highest BCUT2D eigenvalue weighted by Crippen LogP contribution is 2.21. The molecule has 20 heavy (non-hydrogen) atoms. The van der Waals surface area contributed by atoms with Gasteiger partial charge in [-0.3, -0.25) is 9.48 Å². The Hall–Kier alpha value is -1.36. The molecule has 2 atom stereocenters. The molecule has 2 N–H and O–H groups in total. The van der Waals surface area contributed by atoms with Crippen molar-refractivity contribution in [2.75, 3.05) is 6.54 Å². The van der Waals surface area contributed by atoms with Gasteiger partial charge in [0, 0.05) is 19.0 Å². The second kappa shape index (κ2) is 6.39. The van der Waals surface area contributed by atoms with E-state index in [4.69, 9.17) is 0 Å². The van der Waals surface area contributed by atoms with Gasteiger partial charge < -0.3 is 10.4 Å². The number of hydrogen-bond acceptors (Lipinski definition) is 3. The van der Waals surface area contributed by atoms with Crippen molar-refractivity contribution in [2.24, 2.45) is 13.0 Å². The maximum Gasteiger partial charge on any atom is 0.269 e. The third-order valence-corrected chi connectivity index (χ3v) is 3.65. The van der Waals surface area contributed by atoms with Gasteiger partial charge in [-0.25, -0.2) is 0 Å². The summed E-state index contributed by atoms with van der Waals surface area (Å²) in [7, 11) is 1.76. The zero-order valence-corrected chi connectivity index (χ0v) is 13.4. The van der Waals surface area contributed by atoms with Crippen LogP contribution in [0.25, 0.3) is 0 Å². The van der Waals surface area contributed by atoms with E-state index in [1.54, 1.807) is 11.7 Å². The van der Waals surface area contributed by atoms with E-state index in [9.17, 15) is 9.90 Å². The molecule has 5 heteroatoms. The van der Waals surface area contributed by atoms with Crippen LogP contribution >= 0.6 is 0 Å². The summed E-state index contributed by atoms with van der Waals surface area (Å²) in [5.41, 5.74) is 1.31. The molecule has 1 rings (SSSR count). The summed E-state index contributed by atoms with van der Waals surface area (Å²) in [6, 6.07) is 1.81. The van der Waals surface area contributed by atoms with Gasteiger partial charge in [0.25, 0.3) is 5.91 Å². The summed E-state index contributed by atoms with van der Waals surface area (Å²) in [6.45, 7) is 10.4. The van der Waals surface area contributed by atoms with Gasteiger partial charge in [0.15, 0.2) is 0 Å². The van der Waals surface area contributed by atoms with Gasteiger partial charge in [-0.2, -0.15) is 5.10 Å². The second-order valence-electron chi connectivity index (χ2n) is 6.45. The van der Waals surface area contributed by atoms with E-state index in [1.807, 2.05) is 19.9 Å². The summed E-state index contributed by atoms with van der Waals surface area (Å²) in [4.78, 5) is 12.1. The minimum atomic E-state index is -0.515. The van der Waals surface area contributed by atoms with Crippen molar-refractivity contribution >= 4 is 5.91 Å². The standard InChI is InChI=1S/C15H27N3O2/c1-7-10(2)12(19)9-16-14(20)11-8-13(15(3,4)5)17-18(11)6/h8,10,12,19H,7,9H2,1-6H3,(H,16,20). The van der Waals surface area contributed by atoms with Crippen LogP contribution in [0.5, 0.6) is 0 Å². The van der Waals surface area contributed by atoms with Crippen molar-refractivity contribution in [3.05, 3.63) is 17.5 Å². The molecule has 0 aliphatic carbocycles. The van der Waals surface area contributed by atoms with Crippen LogP contribution in [0.1, 0.15) is 57.2 Å². The number of aromatic nitrogens is 2. The Kier molecular flexibility index (Phi) is 5.34. The van der Waals surface area contributed by atoms with E-state index in [1.165, 1.54) is 0 Å². The molecule has 0 aromatic carbocycles. The maximum atomic E-state index is 12.1. The highest BCUT2D eigenvalue weighted by atomic mass is 16.3. The Morgan fingerprint density at radius 2 is 2.10 bits per heavy atom. The SMILES string of the molecule is CCC(C)C(O)CNC(=O)c1cc(C(C)(C)C)nn1C. The van der Waals surface area contributed by atoms with Crippen LogP contribution in [0.2, 0.25) is 0 Å². The third-order valence-electron chi connectivity index (χ3n) is 3.65. The van der Waals surface area contributed by atoms with E-state index < -0.39 is 6.10 Å². The molecule has 114 valence electrons. The quantitative estimate of drug-likeness (QED) is 0.865. The first-order chi connectivity index (χ1) is 9.16. The van der Waals surface area contributed by atoms with Gasteiger partial charge >= 0.3 is 0 Å². The van der Waals surface area contributed by atoms with E-state index in [0.29, 0.717) is 5.69 Å². The Bertz CT molecular complexity index is 460. The van der Waals surface area contributed by atoms with Gasteiger partial charge in [-0.05, 0) is 12.0 Å². The second-order valence-corrected chi connectivity index (χ2v) is 6.45. The summed E-state index contributed by atoms with van der Waals surface area (Å²) in [5.74, 6) is -0.0233. The van der Waals surface area contributed by atoms with Crippen molar-refractivity contribution in [3.63, 3.8) is 0 Å². The van der Waals surface area contributed by atoms with Crippen molar-refractivity contribution in [1.82, 2.24) is 15.1 Å². The zero-order valence-electron chi connectivity index (χ0n) is 13.4. The smallest absolute Gasteiger partial charge is 0.269 e. The number of hydrogen-bond donors (Lipinski definition) is 2. The number of carbonyl (C=O) groups excluding carboxylic acids is 1. The van der Waals surface area contributed by atoms with Gasteiger partial charge in [0.05, 0.1) is 11.8 Å². The predicted octanol–water partition coefficient (Wildman–Crippen LogP) is 1.85. The Labute approximate surface area is 121 Å². The van der Waals surface area contributed by atoms with Crippen molar-refractivity contribution in [1.29, 1.82) is 0 Å². The fourth-order valence-electron chi connectivity index (χ4n) is 1.81. The minimum absolute atomic E-state index is 0.0907. The Morgan fingerprint density at radius 3 is 2.55 bits per heavy atom. The number of nitrogens with zero attached hydrogens (tertiary/aromatic N) is 2. The number of aliphatic hydroxyl groups is 1. The van der Waals surface area contributed by atoms with Crippen LogP contribution in [-0.2, 0) is 12.5 Å². The summed E-state index contributed by atoms with van der Waals surface area (Å²) in [5, 5.41) is 17.0. The average molecular weight is 281 g/mol. The molecule has 0 radical (unpaired) electrons. The summed E-state index contributed by atoms with van der Waals surface area (Å²) in [6.07, 6.45) is 0.371. The molecule has 0 aliphatic rings. The first kappa shape index (κ1) is 16.7. The molecule has 0 saturated carbocycles. The molecule has 0 bridgehead atoms. The first-order valence-corrected chi connectivity index (χ1v) is 7.17. The van der Waals surface area contributed by atoms with Crippen LogP contribution in [0.4, 0.5) is 0 Å². The lowest BCUT2D eigenvalue weighted by Gasteiger charge is -2.17. The number of rotatable bonds is 5. The highest BCUT2D eigenvalue weighted by molar-refractivity contribution is 5.92. The fourth-order valence-corrected chi connectivity index (χ4v) is 1.81. The lowest BCUT2D eigenvalue weighted by Crippen LogP contribution is -2.36. The molecule has 2 unspecified atom stereocenters. The van der Waals surface area contributed by atoms with Crippen molar-refractivity contribution in [2.45, 2.75) is 52.6 Å². The molecule has 1 aromatic heterocycles. The number of nitrogens with one attached hydrogen (secondary N) is 1. The van der Waals surface area contributed by atoms with Gasteiger partial charge in [0.1, 0.15) is 5.69 Å². The van der Waals surface area contributed by atoms with Gasteiger partial charge in [-0.1, -0.05) is 41.0 Å². The zero-order chi connectivity index (χ0) is 15.5. The van der Waals surface area contributed by atoms with E-state index >= 15 is 0 Å². The number of carbonyl (C=O) groups is 1. The topological polar surface area (TPSA) is 67.2 Å². The van der Waals surface area contributed by atoms with Crippen molar-refractivity contribution < 1.29 is 9.90 Å². The van der Waals surface area contributed by atoms with Gasteiger partial charge in [-0.15, -0.1) is 0 Å². The van der Waals surface area contributed by atoms with E-state index in [-0.39, 0.29) is 23.8 Å². The summed E-state index contributed by atoms with van der Waals surface area (Å²) < 4.78 is 1.59. The van der Waals surface area contributed by atoms with Crippen LogP contribution < -0.4 is 5.32 Å². The predicted molar refractivity (Wildman–Crippen MR) is 79.7 cm³/mol. The molecule has 0 fully saturated rings. The van der Waals surface area contributed by atoms with E-state index in [0.717, 1.165) is 12.1 Å². The lowest BCUT2D eigenvalue weighted by atomic mass is 9.92. The normalized spacial score (nSPS) is 14.9. The van der Waals surface area contributed by atoms with Crippen LogP contribution in [-0.4, -0.2) is 33.4 Å². The molecule has 1 aromatic rings. The molecule has 0 spiro atoms. The number of aryl methyl sites for hydroxylation is 1. The van der Waals surface area contributed by atoms with Gasteiger partial charge in [0.2, 0.25) is 0 Å². The maximum absolute atomic E-state index is 12.1. The van der Waals surface area contributed by atoms with E-state index in [2.05, 4.69) is 31.2 Å². The minimum Gasteiger partial charge on any atom is -0.391 e. The van der Waals surface area contributed by atoms with Crippen LogP contribution in [0.15, 0.2) is 6.07 Å². The average Bonchev–Trinajstić information content (AvgIpc) is 2.76. The molecule has 0 aliphatic heterocycles. The first-order valence-electron chi connectivity index (χ1n) is 7.17. The van der Waals surface area contributed by atoms with Crippen molar-refractivity contribution in [3.8, 4) is 0 Å². The Balaban J connectivity index is 2.71. The molecular weight excluding hydrogens is 254 g/mol. The Morgan fingerprint density at radius 1 is 1.50 bits per heavy atom. The van der Waals surface area contributed by atoms with Crippen LogP contribution in [0, 0.1) is 5.92 Å². The largest absolute Gasteiger partial charge is 0.391 e. The molecular formula is C15H27N3O2. The molecule has 1 heterocycles. The number of amides is 1. The third kappa shape index (κ3) is 4.07. The number of aliphatic hydroxyl groups excluding tert-OH is 1. The fraction of sp³-hybridized carbons (Fsp3) is 0.733. The summed E-state index contributed by atoms with van der Waals surface area (Å²) >= 11 is 0.